The predicted octanol–water partition coefficient (Wildman–Crippen LogP) is 6.55. The molecule has 0 spiro atoms. The molecule has 9 heteroatoms. The van der Waals surface area contributed by atoms with Crippen molar-refractivity contribution in [3.8, 4) is 22.6 Å². The van der Waals surface area contributed by atoms with Gasteiger partial charge in [-0.2, -0.15) is 0 Å². The van der Waals surface area contributed by atoms with Crippen molar-refractivity contribution in [2.75, 3.05) is 7.05 Å². The van der Waals surface area contributed by atoms with Crippen LogP contribution in [-0.2, 0) is 16.9 Å². The van der Waals surface area contributed by atoms with Gasteiger partial charge in [0.25, 0.3) is 5.91 Å². The Balaban J connectivity index is 1.26. The highest BCUT2D eigenvalue weighted by Gasteiger charge is 2.47. The number of fused-ring (bicyclic) bond motifs is 1. The van der Waals surface area contributed by atoms with Gasteiger partial charge in [-0.1, -0.05) is 30.3 Å². The molecule has 2 aromatic heterocycles. The largest absolute Gasteiger partial charge is 0.486 e. The molecule has 1 aliphatic carbocycles. The molecule has 1 aliphatic heterocycles. The summed E-state index contributed by atoms with van der Waals surface area (Å²) < 4.78 is 26.2. The highest BCUT2D eigenvalue weighted by Crippen LogP contribution is 2.48. The number of halogens is 1. The summed E-state index contributed by atoms with van der Waals surface area (Å²) in [6.45, 7) is 2.16. The number of ether oxygens (including phenoxy) is 2. The van der Waals surface area contributed by atoms with E-state index in [1.54, 1.807) is 31.6 Å². The summed E-state index contributed by atoms with van der Waals surface area (Å²) in [7, 11) is 1.59. The highest BCUT2D eigenvalue weighted by atomic mass is 19.1. The number of carbonyl (C=O) groups is 2. The smallest absolute Gasteiger partial charge is 0.255 e. The lowest BCUT2D eigenvalue weighted by atomic mass is 9.88. The summed E-state index contributed by atoms with van der Waals surface area (Å²) in [4.78, 5) is 36.2. The molecule has 8 nitrogen and oxygen atoms in total. The van der Waals surface area contributed by atoms with Crippen LogP contribution in [0.4, 0.5) is 4.39 Å². The first-order chi connectivity index (χ1) is 22.8. The Kier molecular flexibility index (Phi) is 7.89. The van der Waals surface area contributed by atoms with Crippen LogP contribution in [0.15, 0.2) is 103 Å². The minimum absolute atomic E-state index is 0.195. The van der Waals surface area contributed by atoms with Gasteiger partial charge in [0, 0.05) is 25.0 Å². The fourth-order valence-electron chi connectivity index (χ4n) is 6.21. The number of nitrogens with one attached hydrogen (secondary N) is 2. The number of carbonyl (C=O) groups excluding carboxylic acids is 2. The average molecular weight is 629 g/mol. The molecule has 2 unspecified atom stereocenters. The Morgan fingerprint density at radius 2 is 1.72 bits per heavy atom. The summed E-state index contributed by atoms with van der Waals surface area (Å²) in [6.07, 6.45) is 4.40. The molecule has 5 aromatic rings. The van der Waals surface area contributed by atoms with E-state index in [1.165, 1.54) is 12.1 Å². The zero-order valence-electron chi connectivity index (χ0n) is 26.0. The second kappa shape index (κ2) is 12.3. The first-order valence-electron chi connectivity index (χ1n) is 15.5. The van der Waals surface area contributed by atoms with Crippen molar-refractivity contribution in [1.29, 1.82) is 0 Å². The van der Waals surface area contributed by atoms with E-state index in [0.717, 1.165) is 40.9 Å². The fourth-order valence-corrected chi connectivity index (χ4v) is 6.21. The maximum atomic E-state index is 14.1. The summed E-state index contributed by atoms with van der Waals surface area (Å²) in [5.74, 6) is -0.482. The summed E-state index contributed by atoms with van der Waals surface area (Å²) >= 11 is 0. The quantitative estimate of drug-likeness (QED) is 0.192. The number of pyridine rings is 2. The summed E-state index contributed by atoms with van der Waals surface area (Å²) in [6, 6.07) is 26.7. The van der Waals surface area contributed by atoms with E-state index in [2.05, 4.69) is 20.6 Å². The Morgan fingerprint density at radius 3 is 2.40 bits per heavy atom. The maximum absolute atomic E-state index is 14.1. The highest BCUT2D eigenvalue weighted by molar-refractivity contribution is 5.99. The van der Waals surface area contributed by atoms with Gasteiger partial charge in [0.1, 0.15) is 35.9 Å². The normalized spacial score (nSPS) is 17.3. The van der Waals surface area contributed by atoms with Crippen LogP contribution in [0.5, 0.6) is 11.5 Å². The van der Waals surface area contributed by atoms with E-state index in [4.69, 9.17) is 9.47 Å². The SMILES string of the molecule is CNC(=O)C1c2cc(-c3cc(C(=O)NC4(c5ccccn5)CC4)c(OCc4ccccn4)cc3C)ccc2OC1c1ccc(F)cc1. The lowest BCUT2D eigenvalue weighted by Crippen LogP contribution is -2.35. The Bertz CT molecular complexity index is 1950. The fraction of sp³-hybridized carbons (Fsp3) is 0.211. The number of hydrogen-bond acceptors (Lipinski definition) is 6. The molecule has 2 aliphatic rings. The zero-order chi connectivity index (χ0) is 32.5. The van der Waals surface area contributed by atoms with Gasteiger partial charge >= 0.3 is 0 Å². The van der Waals surface area contributed by atoms with Gasteiger partial charge in [0.2, 0.25) is 5.91 Å². The molecule has 2 atom stereocenters. The van der Waals surface area contributed by atoms with Gasteiger partial charge in [-0.3, -0.25) is 19.6 Å². The van der Waals surface area contributed by atoms with Gasteiger partial charge in [0.05, 0.1) is 22.5 Å². The van der Waals surface area contributed by atoms with Crippen molar-refractivity contribution >= 4 is 11.8 Å². The van der Waals surface area contributed by atoms with Crippen molar-refractivity contribution in [3.05, 3.63) is 143 Å². The van der Waals surface area contributed by atoms with E-state index in [-0.39, 0.29) is 24.2 Å². The van der Waals surface area contributed by atoms with E-state index in [1.807, 2.05) is 73.7 Å². The summed E-state index contributed by atoms with van der Waals surface area (Å²) in [5, 5.41) is 6.00. The number of aryl methyl sites for hydroxylation is 1. The van der Waals surface area contributed by atoms with E-state index in [0.29, 0.717) is 28.2 Å². The molecule has 47 heavy (non-hydrogen) atoms. The molecule has 2 N–H and O–H groups in total. The van der Waals surface area contributed by atoms with Crippen molar-refractivity contribution in [3.63, 3.8) is 0 Å². The molecule has 2 amide bonds. The number of nitrogens with zero attached hydrogens (tertiary/aromatic N) is 2. The molecular formula is C38H33FN4O4. The molecule has 0 radical (unpaired) electrons. The summed E-state index contributed by atoms with van der Waals surface area (Å²) in [5.41, 5.74) is 5.34. The van der Waals surface area contributed by atoms with Crippen LogP contribution in [0.25, 0.3) is 11.1 Å². The van der Waals surface area contributed by atoms with Crippen molar-refractivity contribution in [1.82, 2.24) is 20.6 Å². The molecule has 1 saturated carbocycles. The third-order valence-electron chi connectivity index (χ3n) is 8.87. The average Bonchev–Trinajstić information content (AvgIpc) is 3.79. The minimum Gasteiger partial charge on any atom is -0.486 e. The first kappa shape index (κ1) is 30.1. The third-order valence-corrected chi connectivity index (χ3v) is 8.87. The molecule has 0 bridgehead atoms. The lowest BCUT2D eigenvalue weighted by molar-refractivity contribution is -0.123. The lowest BCUT2D eigenvalue weighted by Gasteiger charge is -2.20. The minimum atomic E-state index is -0.655. The molecule has 1 fully saturated rings. The second-order valence-electron chi connectivity index (χ2n) is 12.0. The molecule has 236 valence electrons. The number of benzene rings is 3. The maximum Gasteiger partial charge on any atom is 0.255 e. The van der Waals surface area contributed by atoms with Crippen molar-refractivity contribution < 1.29 is 23.5 Å². The number of hydrogen-bond donors (Lipinski definition) is 2. The topological polar surface area (TPSA) is 102 Å². The van der Waals surface area contributed by atoms with Crippen LogP contribution in [0.3, 0.4) is 0 Å². The molecular weight excluding hydrogens is 595 g/mol. The van der Waals surface area contributed by atoms with Crippen LogP contribution in [-0.4, -0.2) is 28.8 Å². The third kappa shape index (κ3) is 5.92. The molecule has 0 saturated heterocycles. The zero-order valence-corrected chi connectivity index (χ0v) is 26.0. The number of likely N-dealkylation sites (N-methyl/N-ethyl adjacent to an activating group) is 1. The van der Waals surface area contributed by atoms with Crippen LogP contribution >= 0.6 is 0 Å². The van der Waals surface area contributed by atoms with Crippen molar-refractivity contribution in [2.24, 2.45) is 0 Å². The standard InChI is InChI=1S/C38H33FN4O4/c1-23-19-32(46-22-27-7-3-5-17-41-27)30(36(44)43-38(15-16-38)33-8-4-6-18-42-33)21-28(23)25-11-14-31-29(20-25)34(37(45)40-2)35(47-31)24-9-12-26(39)13-10-24/h3-14,17-21,34-35H,15-16,22H2,1-2H3,(H,40,45)(H,43,44). The monoisotopic (exact) mass is 628 g/mol. The van der Waals surface area contributed by atoms with Crippen LogP contribution in [0.2, 0.25) is 0 Å². The van der Waals surface area contributed by atoms with Gasteiger partial charge in [-0.25, -0.2) is 4.39 Å². The predicted molar refractivity (Wildman–Crippen MR) is 174 cm³/mol. The molecule has 7 rings (SSSR count). The van der Waals surface area contributed by atoms with Gasteiger partial charge in [0.15, 0.2) is 0 Å². The number of aromatic nitrogens is 2. The Hall–Kier alpha value is -5.57. The van der Waals surface area contributed by atoms with Crippen molar-refractivity contribution in [2.45, 2.75) is 43.9 Å². The Labute approximate surface area is 272 Å². The number of rotatable bonds is 9. The van der Waals surface area contributed by atoms with Crippen LogP contribution < -0.4 is 20.1 Å². The van der Waals surface area contributed by atoms with Gasteiger partial charge in [-0.15, -0.1) is 0 Å². The second-order valence-corrected chi connectivity index (χ2v) is 12.0. The van der Waals surface area contributed by atoms with E-state index >= 15 is 0 Å². The van der Waals surface area contributed by atoms with Crippen LogP contribution in [0.1, 0.15) is 63.3 Å². The molecule has 3 aromatic carbocycles. The number of amides is 2. The van der Waals surface area contributed by atoms with E-state index in [9.17, 15) is 14.0 Å². The van der Waals surface area contributed by atoms with Gasteiger partial charge < -0.3 is 20.1 Å². The molecule has 3 heterocycles. The van der Waals surface area contributed by atoms with Crippen LogP contribution in [0, 0.1) is 12.7 Å². The van der Waals surface area contributed by atoms with E-state index < -0.39 is 17.6 Å². The Morgan fingerprint density at radius 1 is 0.957 bits per heavy atom. The van der Waals surface area contributed by atoms with Gasteiger partial charge in [-0.05, 0) is 103 Å². The first-order valence-corrected chi connectivity index (χ1v) is 15.5.